The van der Waals surface area contributed by atoms with Crippen LogP contribution in [0.3, 0.4) is 0 Å². The molecule has 2 heteroatoms. The minimum Gasteiger partial charge on any atom is -0.378 e. The number of ether oxygens (including phenoxy) is 1. The molecular formula is C12H23NO. The highest BCUT2D eigenvalue weighted by atomic mass is 16.5. The minimum atomic E-state index is 0.574. The van der Waals surface area contributed by atoms with Gasteiger partial charge in [0.25, 0.3) is 0 Å². The van der Waals surface area contributed by atoms with Crippen LogP contribution in [0.5, 0.6) is 0 Å². The van der Waals surface area contributed by atoms with E-state index in [9.17, 15) is 0 Å². The largest absolute Gasteiger partial charge is 0.378 e. The molecule has 1 heterocycles. The summed E-state index contributed by atoms with van der Waals surface area (Å²) in [6.45, 7) is 5.54. The van der Waals surface area contributed by atoms with Crippen LogP contribution in [0.2, 0.25) is 0 Å². The SMILES string of the molecule is CCC(C)NC1CCCC2OCCC12. The zero-order chi connectivity index (χ0) is 9.97. The maximum atomic E-state index is 5.76. The molecule has 2 fully saturated rings. The summed E-state index contributed by atoms with van der Waals surface area (Å²) in [6.07, 6.45) is 7.08. The van der Waals surface area contributed by atoms with Crippen LogP contribution in [0.25, 0.3) is 0 Å². The van der Waals surface area contributed by atoms with Crippen LogP contribution in [-0.4, -0.2) is 24.8 Å². The van der Waals surface area contributed by atoms with Crippen molar-refractivity contribution in [2.24, 2.45) is 5.92 Å². The molecule has 2 rings (SSSR count). The lowest BCUT2D eigenvalue weighted by molar-refractivity contribution is 0.0514. The molecule has 14 heavy (non-hydrogen) atoms. The lowest BCUT2D eigenvalue weighted by Gasteiger charge is -2.35. The van der Waals surface area contributed by atoms with Crippen molar-refractivity contribution >= 4 is 0 Å². The molecule has 0 aromatic carbocycles. The van der Waals surface area contributed by atoms with Crippen LogP contribution < -0.4 is 5.32 Å². The van der Waals surface area contributed by atoms with Crippen molar-refractivity contribution in [3.8, 4) is 0 Å². The highest BCUT2D eigenvalue weighted by molar-refractivity contribution is 4.91. The fourth-order valence-corrected chi connectivity index (χ4v) is 2.87. The van der Waals surface area contributed by atoms with Crippen molar-refractivity contribution in [2.45, 2.75) is 64.1 Å². The first-order valence-corrected chi connectivity index (χ1v) is 6.19. The molecule has 0 aromatic heterocycles. The summed E-state index contributed by atoms with van der Waals surface area (Å²) >= 11 is 0. The van der Waals surface area contributed by atoms with Gasteiger partial charge in [-0.3, -0.25) is 0 Å². The van der Waals surface area contributed by atoms with Gasteiger partial charge in [-0.15, -0.1) is 0 Å². The smallest absolute Gasteiger partial charge is 0.0619 e. The van der Waals surface area contributed by atoms with E-state index in [2.05, 4.69) is 19.2 Å². The molecule has 82 valence electrons. The molecule has 1 saturated carbocycles. The first kappa shape index (κ1) is 10.4. The summed E-state index contributed by atoms with van der Waals surface area (Å²) in [5, 5.41) is 3.76. The molecule has 1 N–H and O–H groups in total. The van der Waals surface area contributed by atoms with Gasteiger partial charge in [0.2, 0.25) is 0 Å². The van der Waals surface area contributed by atoms with Crippen LogP contribution >= 0.6 is 0 Å². The third kappa shape index (κ3) is 2.12. The van der Waals surface area contributed by atoms with Gasteiger partial charge in [0.05, 0.1) is 6.10 Å². The predicted octanol–water partition coefficient (Wildman–Crippen LogP) is 2.33. The van der Waals surface area contributed by atoms with Crippen LogP contribution in [0.15, 0.2) is 0 Å². The molecule has 4 atom stereocenters. The first-order chi connectivity index (χ1) is 6.81. The second kappa shape index (κ2) is 4.63. The molecule has 0 bridgehead atoms. The lowest BCUT2D eigenvalue weighted by Crippen LogP contribution is -2.46. The van der Waals surface area contributed by atoms with E-state index in [1.165, 1.54) is 32.1 Å². The number of hydrogen-bond donors (Lipinski definition) is 1. The highest BCUT2D eigenvalue weighted by Crippen LogP contribution is 2.34. The highest BCUT2D eigenvalue weighted by Gasteiger charge is 2.37. The van der Waals surface area contributed by atoms with Gasteiger partial charge in [0, 0.05) is 24.6 Å². The second-order valence-electron chi connectivity index (χ2n) is 4.88. The van der Waals surface area contributed by atoms with Gasteiger partial charge in [-0.2, -0.15) is 0 Å². The fraction of sp³-hybridized carbons (Fsp3) is 1.00. The van der Waals surface area contributed by atoms with E-state index in [0.717, 1.165) is 18.6 Å². The fourth-order valence-electron chi connectivity index (χ4n) is 2.87. The van der Waals surface area contributed by atoms with Crippen molar-refractivity contribution in [1.29, 1.82) is 0 Å². The molecule has 2 aliphatic rings. The molecule has 0 spiro atoms. The lowest BCUT2D eigenvalue weighted by atomic mass is 9.81. The maximum absolute atomic E-state index is 5.76. The van der Waals surface area contributed by atoms with E-state index in [-0.39, 0.29) is 0 Å². The summed E-state index contributed by atoms with van der Waals surface area (Å²) in [5.41, 5.74) is 0. The van der Waals surface area contributed by atoms with Gasteiger partial charge < -0.3 is 10.1 Å². The number of nitrogens with one attached hydrogen (secondary N) is 1. The summed E-state index contributed by atoms with van der Waals surface area (Å²) in [7, 11) is 0. The van der Waals surface area contributed by atoms with Crippen molar-refractivity contribution < 1.29 is 4.74 Å². The second-order valence-corrected chi connectivity index (χ2v) is 4.88. The van der Waals surface area contributed by atoms with E-state index < -0.39 is 0 Å². The minimum absolute atomic E-state index is 0.574. The Morgan fingerprint density at radius 2 is 2.21 bits per heavy atom. The molecule has 0 amide bonds. The monoisotopic (exact) mass is 197 g/mol. The topological polar surface area (TPSA) is 21.3 Å². The Morgan fingerprint density at radius 1 is 1.36 bits per heavy atom. The maximum Gasteiger partial charge on any atom is 0.0619 e. The van der Waals surface area contributed by atoms with Crippen LogP contribution in [0.1, 0.15) is 46.0 Å². The molecule has 1 aliphatic heterocycles. The van der Waals surface area contributed by atoms with Crippen molar-refractivity contribution in [1.82, 2.24) is 5.32 Å². The van der Waals surface area contributed by atoms with E-state index in [0.29, 0.717) is 12.1 Å². The Balaban J connectivity index is 1.90. The zero-order valence-corrected chi connectivity index (χ0v) is 9.46. The molecule has 0 aromatic rings. The van der Waals surface area contributed by atoms with Crippen molar-refractivity contribution in [3.05, 3.63) is 0 Å². The Bertz CT molecular complexity index is 183. The third-order valence-corrected chi connectivity index (χ3v) is 3.89. The van der Waals surface area contributed by atoms with E-state index >= 15 is 0 Å². The van der Waals surface area contributed by atoms with Gasteiger partial charge in [0.1, 0.15) is 0 Å². The molecule has 1 saturated heterocycles. The van der Waals surface area contributed by atoms with E-state index in [1.807, 2.05) is 0 Å². The van der Waals surface area contributed by atoms with Gasteiger partial charge in [-0.25, -0.2) is 0 Å². The van der Waals surface area contributed by atoms with E-state index in [4.69, 9.17) is 4.74 Å². The molecule has 0 radical (unpaired) electrons. The zero-order valence-electron chi connectivity index (χ0n) is 9.46. The van der Waals surface area contributed by atoms with Crippen LogP contribution in [0.4, 0.5) is 0 Å². The van der Waals surface area contributed by atoms with Gasteiger partial charge >= 0.3 is 0 Å². The Labute approximate surface area is 87.4 Å². The number of rotatable bonds is 3. The third-order valence-electron chi connectivity index (χ3n) is 3.89. The number of hydrogen-bond acceptors (Lipinski definition) is 2. The molecule has 2 nitrogen and oxygen atoms in total. The molecule has 1 aliphatic carbocycles. The average molecular weight is 197 g/mol. The van der Waals surface area contributed by atoms with Crippen molar-refractivity contribution in [3.63, 3.8) is 0 Å². The first-order valence-electron chi connectivity index (χ1n) is 6.19. The summed E-state index contributed by atoms with van der Waals surface area (Å²) in [5.74, 6) is 0.803. The van der Waals surface area contributed by atoms with Gasteiger partial charge in [-0.05, 0) is 39.0 Å². The quantitative estimate of drug-likeness (QED) is 0.750. The summed E-state index contributed by atoms with van der Waals surface area (Å²) in [6, 6.07) is 1.39. The standard InChI is InChI=1S/C12H23NO/c1-3-9(2)13-11-5-4-6-12-10(11)7-8-14-12/h9-13H,3-8H2,1-2H3. The Hall–Kier alpha value is -0.0800. The van der Waals surface area contributed by atoms with Gasteiger partial charge in [0.15, 0.2) is 0 Å². The molecule has 4 unspecified atom stereocenters. The summed E-state index contributed by atoms with van der Waals surface area (Å²) in [4.78, 5) is 0. The van der Waals surface area contributed by atoms with Crippen LogP contribution in [0, 0.1) is 5.92 Å². The number of fused-ring (bicyclic) bond motifs is 1. The van der Waals surface area contributed by atoms with Crippen LogP contribution in [-0.2, 0) is 4.74 Å². The predicted molar refractivity (Wildman–Crippen MR) is 58.4 cm³/mol. The van der Waals surface area contributed by atoms with Crippen molar-refractivity contribution in [2.75, 3.05) is 6.61 Å². The Morgan fingerprint density at radius 3 is 3.00 bits per heavy atom. The summed E-state index contributed by atoms with van der Waals surface area (Å²) < 4.78 is 5.76. The molecular weight excluding hydrogens is 174 g/mol. The van der Waals surface area contributed by atoms with Gasteiger partial charge in [-0.1, -0.05) is 6.92 Å². The Kier molecular flexibility index (Phi) is 3.45. The normalized spacial score (nSPS) is 39.4. The van der Waals surface area contributed by atoms with E-state index in [1.54, 1.807) is 0 Å². The average Bonchev–Trinajstić information content (AvgIpc) is 2.66.